The third kappa shape index (κ3) is 2.74. The van der Waals surface area contributed by atoms with Crippen molar-refractivity contribution in [1.29, 1.82) is 0 Å². The minimum atomic E-state index is 0.00577. The SMILES string of the molecule is Cn1c(=O)n(CC(C)(C)C)c2ccc(-c3cnccc3N)cc21. The van der Waals surface area contributed by atoms with E-state index in [1.807, 2.05) is 22.8 Å². The van der Waals surface area contributed by atoms with Crippen molar-refractivity contribution in [3.63, 3.8) is 0 Å². The van der Waals surface area contributed by atoms with E-state index in [0.717, 1.165) is 22.2 Å². The van der Waals surface area contributed by atoms with Gasteiger partial charge >= 0.3 is 5.69 Å². The molecule has 2 N–H and O–H groups in total. The van der Waals surface area contributed by atoms with Crippen LogP contribution in [-0.4, -0.2) is 14.1 Å². The molecule has 0 radical (unpaired) electrons. The van der Waals surface area contributed by atoms with Gasteiger partial charge in [-0.05, 0) is 29.2 Å². The maximum Gasteiger partial charge on any atom is 0.328 e. The number of fused-ring (bicyclic) bond motifs is 1. The zero-order chi connectivity index (χ0) is 16.8. The van der Waals surface area contributed by atoms with Gasteiger partial charge < -0.3 is 5.73 Å². The van der Waals surface area contributed by atoms with E-state index in [1.54, 1.807) is 30.1 Å². The number of nitrogen functional groups attached to an aromatic ring is 1. The minimum absolute atomic E-state index is 0.00577. The molecule has 0 aliphatic heterocycles. The van der Waals surface area contributed by atoms with Crippen LogP contribution < -0.4 is 11.4 Å². The fourth-order valence-corrected chi connectivity index (χ4v) is 2.85. The van der Waals surface area contributed by atoms with Gasteiger partial charge in [0, 0.05) is 37.2 Å². The van der Waals surface area contributed by atoms with Gasteiger partial charge in [0.2, 0.25) is 0 Å². The average Bonchev–Trinajstić information content (AvgIpc) is 2.71. The number of hydrogen-bond acceptors (Lipinski definition) is 3. The zero-order valence-corrected chi connectivity index (χ0v) is 14.0. The van der Waals surface area contributed by atoms with Crippen molar-refractivity contribution in [2.75, 3.05) is 5.73 Å². The van der Waals surface area contributed by atoms with Gasteiger partial charge in [-0.2, -0.15) is 0 Å². The first-order valence-electron chi connectivity index (χ1n) is 7.67. The third-order valence-corrected chi connectivity index (χ3v) is 3.94. The summed E-state index contributed by atoms with van der Waals surface area (Å²) >= 11 is 0. The molecule has 2 heterocycles. The second-order valence-electron chi connectivity index (χ2n) is 7.15. The van der Waals surface area contributed by atoms with Crippen LogP contribution in [0.25, 0.3) is 22.2 Å². The summed E-state index contributed by atoms with van der Waals surface area (Å²) < 4.78 is 3.53. The Morgan fingerprint density at radius 2 is 1.91 bits per heavy atom. The highest BCUT2D eigenvalue weighted by molar-refractivity contribution is 5.85. The Labute approximate surface area is 135 Å². The maximum atomic E-state index is 12.6. The third-order valence-electron chi connectivity index (χ3n) is 3.94. The lowest BCUT2D eigenvalue weighted by Gasteiger charge is -2.18. The Kier molecular flexibility index (Phi) is 3.51. The molecule has 1 aromatic carbocycles. The van der Waals surface area contributed by atoms with Crippen molar-refractivity contribution in [2.24, 2.45) is 12.5 Å². The highest BCUT2D eigenvalue weighted by atomic mass is 16.1. The molecule has 0 aliphatic rings. The van der Waals surface area contributed by atoms with Crippen molar-refractivity contribution >= 4 is 16.7 Å². The normalized spacial score (nSPS) is 12.0. The quantitative estimate of drug-likeness (QED) is 0.791. The van der Waals surface area contributed by atoms with Crippen molar-refractivity contribution in [1.82, 2.24) is 14.1 Å². The highest BCUT2D eigenvalue weighted by Crippen LogP contribution is 2.28. The number of benzene rings is 1. The number of pyridine rings is 1. The molecule has 3 rings (SSSR count). The first-order chi connectivity index (χ1) is 10.8. The molecule has 0 amide bonds. The summed E-state index contributed by atoms with van der Waals surface area (Å²) in [6.07, 6.45) is 3.42. The largest absolute Gasteiger partial charge is 0.398 e. The monoisotopic (exact) mass is 310 g/mol. The summed E-state index contributed by atoms with van der Waals surface area (Å²) in [7, 11) is 1.81. The molecule has 5 nitrogen and oxygen atoms in total. The van der Waals surface area contributed by atoms with Crippen molar-refractivity contribution in [3.8, 4) is 11.1 Å². The van der Waals surface area contributed by atoms with Gasteiger partial charge in [-0.25, -0.2) is 4.79 Å². The molecule has 0 aliphatic carbocycles. The second kappa shape index (κ2) is 5.26. The summed E-state index contributed by atoms with van der Waals surface area (Å²) in [6, 6.07) is 7.77. The van der Waals surface area contributed by atoms with Crippen LogP contribution in [0.4, 0.5) is 5.69 Å². The molecular weight excluding hydrogens is 288 g/mol. The topological polar surface area (TPSA) is 65.8 Å². The van der Waals surface area contributed by atoms with E-state index in [0.29, 0.717) is 12.2 Å². The lowest BCUT2D eigenvalue weighted by molar-refractivity contribution is 0.342. The van der Waals surface area contributed by atoms with Gasteiger partial charge in [-0.1, -0.05) is 26.8 Å². The van der Waals surface area contributed by atoms with Gasteiger partial charge in [0.05, 0.1) is 11.0 Å². The van der Waals surface area contributed by atoms with Crippen LogP contribution in [0.1, 0.15) is 20.8 Å². The predicted molar refractivity (Wildman–Crippen MR) is 94.3 cm³/mol. The number of anilines is 1. The average molecular weight is 310 g/mol. The summed E-state index contributed by atoms with van der Waals surface area (Å²) in [4.78, 5) is 16.7. The van der Waals surface area contributed by atoms with Crippen LogP contribution in [-0.2, 0) is 13.6 Å². The van der Waals surface area contributed by atoms with E-state index in [-0.39, 0.29) is 11.1 Å². The molecule has 3 aromatic rings. The Morgan fingerprint density at radius 1 is 1.17 bits per heavy atom. The molecule has 2 aromatic heterocycles. The molecule has 23 heavy (non-hydrogen) atoms. The van der Waals surface area contributed by atoms with Crippen LogP contribution in [0, 0.1) is 5.41 Å². The van der Waals surface area contributed by atoms with Crippen LogP contribution in [0.3, 0.4) is 0 Å². The number of aryl methyl sites for hydroxylation is 1. The number of rotatable bonds is 2. The van der Waals surface area contributed by atoms with Gasteiger partial charge in [0.1, 0.15) is 0 Å². The zero-order valence-electron chi connectivity index (χ0n) is 14.0. The molecule has 0 atom stereocenters. The second-order valence-corrected chi connectivity index (χ2v) is 7.15. The van der Waals surface area contributed by atoms with Gasteiger partial charge in [0.15, 0.2) is 0 Å². The van der Waals surface area contributed by atoms with E-state index >= 15 is 0 Å². The molecule has 120 valence electrons. The lowest BCUT2D eigenvalue weighted by atomic mass is 9.97. The number of hydrogen-bond donors (Lipinski definition) is 1. The molecule has 0 saturated heterocycles. The molecule has 0 unspecified atom stereocenters. The number of imidazole rings is 1. The summed E-state index contributed by atoms with van der Waals surface area (Å²) in [6.45, 7) is 7.06. The predicted octanol–water partition coefficient (Wildman–Crippen LogP) is 3.03. The molecule has 0 saturated carbocycles. The Morgan fingerprint density at radius 3 is 2.57 bits per heavy atom. The van der Waals surface area contributed by atoms with Crippen molar-refractivity contribution in [2.45, 2.75) is 27.3 Å². The van der Waals surface area contributed by atoms with Crippen LogP contribution in [0.15, 0.2) is 41.5 Å². The summed E-state index contributed by atoms with van der Waals surface area (Å²) in [5, 5.41) is 0. The maximum absolute atomic E-state index is 12.6. The smallest absolute Gasteiger partial charge is 0.328 e. The van der Waals surface area contributed by atoms with E-state index in [4.69, 9.17) is 5.73 Å². The number of nitrogens with zero attached hydrogens (tertiary/aromatic N) is 3. The standard InChI is InChI=1S/C18H22N4O/c1-18(2,3)11-22-15-6-5-12(9-16(15)21(4)17(22)23)13-10-20-8-7-14(13)19/h5-10H,11H2,1-4H3,(H2,19,20). The van der Waals surface area contributed by atoms with Gasteiger partial charge in [-0.15, -0.1) is 0 Å². The van der Waals surface area contributed by atoms with Crippen molar-refractivity contribution < 1.29 is 0 Å². The number of nitrogens with two attached hydrogens (primary N) is 1. The van der Waals surface area contributed by atoms with Crippen LogP contribution in [0.2, 0.25) is 0 Å². The van der Waals surface area contributed by atoms with Gasteiger partial charge in [-0.3, -0.25) is 14.1 Å². The highest BCUT2D eigenvalue weighted by Gasteiger charge is 2.18. The lowest BCUT2D eigenvalue weighted by Crippen LogP contribution is -2.27. The minimum Gasteiger partial charge on any atom is -0.398 e. The van der Waals surface area contributed by atoms with Crippen LogP contribution >= 0.6 is 0 Å². The van der Waals surface area contributed by atoms with Crippen LogP contribution in [0.5, 0.6) is 0 Å². The van der Waals surface area contributed by atoms with E-state index in [2.05, 4.69) is 25.8 Å². The fraction of sp³-hybridized carbons (Fsp3) is 0.333. The van der Waals surface area contributed by atoms with Crippen molar-refractivity contribution in [3.05, 3.63) is 47.1 Å². The summed E-state index contributed by atoms with van der Waals surface area (Å²) in [5.41, 5.74) is 10.4. The molecule has 0 spiro atoms. The fourth-order valence-electron chi connectivity index (χ4n) is 2.85. The molecule has 5 heteroatoms. The Balaban J connectivity index is 2.21. The first-order valence-corrected chi connectivity index (χ1v) is 7.67. The molecular formula is C18H22N4O. The Hall–Kier alpha value is -2.56. The van der Waals surface area contributed by atoms with Gasteiger partial charge in [0.25, 0.3) is 0 Å². The molecule has 0 fully saturated rings. The number of aromatic nitrogens is 3. The van der Waals surface area contributed by atoms with E-state index in [1.165, 1.54) is 0 Å². The first kappa shape index (κ1) is 15.3. The molecule has 0 bridgehead atoms. The van der Waals surface area contributed by atoms with E-state index < -0.39 is 0 Å². The Bertz CT molecular complexity index is 928. The van der Waals surface area contributed by atoms with E-state index in [9.17, 15) is 4.79 Å². The summed E-state index contributed by atoms with van der Waals surface area (Å²) in [5.74, 6) is 0.